The van der Waals surface area contributed by atoms with E-state index in [9.17, 15) is 0 Å². The van der Waals surface area contributed by atoms with Crippen molar-refractivity contribution in [1.29, 1.82) is 5.26 Å². The quantitative estimate of drug-likeness (QED) is 0.346. The maximum Gasteiger partial charge on any atom is 2.00 e. The molecule has 0 aromatic carbocycles. The van der Waals surface area contributed by atoms with Crippen molar-refractivity contribution in [2.45, 2.75) is 0 Å². The van der Waals surface area contributed by atoms with Crippen LogP contribution in [0, 0.1) is 26.7 Å². The van der Waals surface area contributed by atoms with Crippen molar-refractivity contribution in [3.8, 4) is 0 Å². The molecule has 0 amide bonds. The molecule has 1 nitrogen and oxygen atoms in total. The van der Waals surface area contributed by atoms with Crippen molar-refractivity contribution in [1.82, 2.24) is 0 Å². The van der Waals surface area contributed by atoms with Crippen molar-refractivity contribution in [2.24, 2.45) is 0 Å². The van der Waals surface area contributed by atoms with Gasteiger partial charge in [-0.25, -0.2) is 0 Å². The van der Waals surface area contributed by atoms with Gasteiger partial charge in [-0.1, -0.05) is 0 Å². The summed E-state index contributed by atoms with van der Waals surface area (Å²) in [6.07, 6.45) is 0. The molecule has 0 radical (unpaired) electrons. The predicted octanol–water partition coefficient (Wildman–Crippen LogP) is 0.994. The predicted molar refractivity (Wildman–Crippen MR) is 17.8 cm³/mol. The second-order valence-electron chi connectivity index (χ2n) is 0. The third-order valence-electron chi connectivity index (χ3n) is 0. The third kappa shape index (κ3) is 1430. The van der Waals surface area contributed by atoms with E-state index in [2.05, 4.69) is 0 Å². The van der Waals surface area contributed by atoms with Crippen molar-refractivity contribution in [2.75, 3.05) is 0 Å². The second kappa shape index (κ2) is 3100. The third-order valence-corrected chi connectivity index (χ3v) is 0. The minimum absolute atomic E-state index is 0. The van der Waals surface area contributed by atoms with Gasteiger partial charge >= 0.3 is 19.5 Å². The minimum atomic E-state index is 0. The summed E-state index contributed by atoms with van der Waals surface area (Å²) in [6.45, 7) is 4.75. The van der Waals surface area contributed by atoms with Crippen LogP contribution >= 0.6 is 0 Å². The molecule has 0 spiro atoms. The van der Waals surface area contributed by atoms with Gasteiger partial charge in [-0.2, -0.15) is 0 Å². The molecule has 0 rings (SSSR count). The van der Waals surface area contributed by atoms with E-state index in [1.54, 1.807) is 0 Å². The molecule has 0 heterocycles. The SMILES string of the molecule is [C-]#N.[CH3-].[CH3-].[Zn+2]. The fourth-order valence-electron chi connectivity index (χ4n) is 0. The Labute approximate surface area is 46.8 Å². The summed E-state index contributed by atoms with van der Waals surface area (Å²) in [4.78, 5) is 0. The molecule has 5 heavy (non-hydrogen) atoms. The van der Waals surface area contributed by atoms with E-state index in [4.69, 9.17) is 11.8 Å². The van der Waals surface area contributed by atoms with Gasteiger partial charge in [-0.15, -0.1) is 0 Å². The van der Waals surface area contributed by atoms with Crippen LogP contribution < -0.4 is 0 Å². The fraction of sp³-hybridized carbons (Fsp3) is 0. The molecule has 0 fully saturated rings. The van der Waals surface area contributed by atoms with Crippen LogP contribution in [0.2, 0.25) is 0 Å². The van der Waals surface area contributed by atoms with Crippen LogP contribution in [0.15, 0.2) is 0 Å². The average molecular weight is 121 g/mol. The first-order valence-electron chi connectivity index (χ1n) is 0.224. The van der Waals surface area contributed by atoms with E-state index in [0.29, 0.717) is 0 Å². The van der Waals surface area contributed by atoms with Crippen molar-refractivity contribution < 1.29 is 19.5 Å². The van der Waals surface area contributed by atoms with Crippen molar-refractivity contribution >= 4 is 0 Å². The first kappa shape index (κ1) is 69.8. The van der Waals surface area contributed by atoms with E-state index in [1.807, 2.05) is 0 Å². The molecule has 2 heteroatoms. The van der Waals surface area contributed by atoms with Crippen molar-refractivity contribution in [3.05, 3.63) is 21.4 Å². The molecule has 0 aromatic rings. The molecular weight excluding hydrogens is 115 g/mol. The van der Waals surface area contributed by atoms with Crippen LogP contribution in [0.3, 0.4) is 0 Å². The number of hydrogen-bond donors (Lipinski definition) is 0. The Morgan fingerprint density at radius 2 is 1.00 bits per heavy atom. The monoisotopic (exact) mass is 120 g/mol. The average Bonchev–Trinajstić information content (AvgIpc) is 1.00. The van der Waals surface area contributed by atoms with E-state index in [0.717, 1.165) is 0 Å². The largest absolute Gasteiger partial charge is 2.00 e. The van der Waals surface area contributed by atoms with Crippen LogP contribution in [-0.2, 0) is 19.5 Å². The van der Waals surface area contributed by atoms with Crippen LogP contribution in [0.4, 0.5) is 0 Å². The zero-order valence-corrected chi connectivity index (χ0v) is 6.62. The summed E-state index contributed by atoms with van der Waals surface area (Å²) in [5, 5.41) is 6.25. The molecule has 0 unspecified atom stereocenters. The number of rotatable bonds is 0. The molecule has 0 bridgehead atoms. The Kier molecular flexibility index (Phi) is 43300. The standard InChI is InChI=1S/CN.2CH3.Zn/c1-2;;;/h;2*1H3;/q3*-1;+2. The van der Waals surface area contributed by atoms with Gasteiger partial charge in [0.25, 0.3) is 0 Å². The molecule has 0 atom stereocenters. The van der Waals surface area contributed by atoms with Gasteiger partial charge in [0.15, 0.2) is 0 Å². The Hall–Kier alpha value is 0.113. The van der Waals surface area contributed by atoms with Crippen LogP contribution in [0.1, 0.15) is 0 Å². The van der Waals surface area contributed by atoms with Crippen LogP contribution in [0.25, 0.3) is 0 Å². The van der Waals surface area contributed by atoms with Gasteiger partial charge < -0.3 is 26.7 Å². The summed E-state index contributed by atoms with van der Waals surface area (Å²) < 4.78 is 0. The molecule has 0 saturated heterocycles. The Morgan fingerprint density at radius 1 is 1.00 bits per heavy atom. The van der Waals surface area contributed by atoms with E-state index < -0.39 is 0 Å². The van der Waals surface area contributed by atoms with E-state index >= 15 is 0 Å². The Balaban J connectivity index is -0.00000000167. The fourth-order valence-corrected chi connectivity index (χ4v) is 0. The van der Waals surface area contributed by atoms with Gasteiger partial charge in [0, 0.05) is 0 Å². The van der Waals surface area contributed by atoms with Gasteiger partial charge in [0.2, 0.25) is 0 Å². The summed E-state index contributed by atoms with van der Waals surface area (Å²) in [5.41, 5.74) is 0. The Morgan fingerprint density at radius 3 is 1.00 bits per heavy atom. The zero-order chi connectivity index (χ0) is 2.00. The minimum Gasteiger partial charge on any atom is -0.512 e. The summed E-state index contributed by atoms with van der Waals surface area (Å²) in [6, 6.07) is 0. The first-order chi connectivity index (χ1) is 1.00. The molecule has 26 valence electrons. The molecule has 0 saturated carbocycles. The summed E-state index contributed by atoms with van der Waals surface area (Å²) in [7, 11) is 0. The summed E-state index contributed by atoms with van der Waals surface area (Å²) in [5.74, 6) is 0. The molecule has 0 aliphatic carbocycles. The molecule has 0 aliphatic rings. The molecular formula is C3H6NZn-. The second-order valence-corrected chi connectivity index (χ2v) is 0. The van der Waals surface area contributed by atoms with E-state index in [-0.39, 0.29) is 34.3 Å². The van der Waals surface area contributed by atoms with Gasteiger partial charge in [-0.3, -0.25) is 0 Å². The number of hydrogen-bond acceptors (Lipinski definition) is 1. The maximum absolute atomic E-state index is 6.25. The molecule has 0 aliphatic heterocycles. The van der Waals surface area contributed by atoms with Crippen LogP contribution in [0.5, 0.6) is 0 Å². The van der Waals surface area contributed by atoms with Crippen molar-refractivity contribution in [3.63, 3.8) is 0 Å². The topological polar surface area (TPSA) is 23.8 Å². The summed E-state index contributed by atoms with van der Waals surface area (Å²) >= 11 is 0. The first-order valence-corrected chi connectivity index (χ1v) is 0.224. The van der Waals surface area contributed by atoms with Crippen LogP contribution in [-0.4, -0.2) is 0 Å². The van der Waals surface area contributed by atoms with Gasteiger partial charge in [-0.05, 0) is 0 Å². The molecule has 0 aromatic heterocycles. The smallest absolute Gasteiger partial charge is 0.512 e. The van der Waals surface area contributed by atoms with E-state index in [1.165, 1.54) is 0 Å². The molecule has 0 N–H and O–H groups in total. The van der Waals surface area contributed by atoms with Gasteiger partial charge in [0.05, 0.1) is 0 Å². The van der Waals surface area contributed by atoms with Gasteiger partial charge in [0.1, 0.15) is 0 Å². The maximum atomic E-state index is 6.25. The Bertz CT molecular complexity index is 11.6. The normalized spacial score (nSPS) is 0.400. The number of nitrogens with zero attached hydrogens (tertiary/aromatic N) is 1. The zero-order valence-electron chi connectivity index (χ0n) is 3.65.